The fraction of sp³-hybridized carbons (Fsp3) is 0.0714. The van der Waals surface area contributed by atoms with Crippen molar-refractivity contribution in [2.75, 3.05) is 0 Å². The Balaban J connectivity index is 1.64. The summed E-state index contributed by atoms with van der Waals surface area (Å²) >= 11 is 1.54. The van der Waals surface area contributed by atoms with Gasteiger partial charge in [-0.3, -0.25) is 4.79 Å². The third-order valence-electron chi connectivity index (χ3n) is 2.58. The Bertz CT molecular complexity index is 690. The Hall–Kier alpha value is -2.47. The molecular formula is C14H10N2O3S. The van der Waals surface area contributed by atoms with Gasteiger partial charge in [0.2, 0.25) is 5.82 Å². The van der Waals surface area contributed by atoms with Crippen LogP contribution in [0.15, 0.2) is 46.3 Å². The van der Waals surface area contributed by atoms with Crippen molar-refractivity contribution in [2.24, 2.45) is 0 Å². The molecule has 0 aliphatic heterocycles. The Labute approximate surface area is 118 Å². The molecular weight excluding hydrogens is 276 g/mol. The van der Waals surface area contributed by atoms with Crippen molar-refractivity contribution in [3.8, 4) is 16.5 Å². The van der Waals surface area contributed by atoms with Crippen LogP contribution in [0.1, 0.15) is 16.2 Å². The summed E-state index contributed by atoms with van der Waals surface area (Å²) < 4.78 is 10.7. The van der Waals surface area contributed by atoms with Gasteiger partial charge in [0.25, 0.3) is 5.89 Å². The van der Waals surface area contributed by atoms with E-state index in [-0.39, 0.29) is 6.61 Å². The molecule has 2 aromatic heterocycles. The largest absolute Gasteiger partial charge is 0.485 e. The fourth-order valence-electron chi connectivity index (χ4n) is 1.60. The third-order valence-corrected chi connectivity index (χ3v) is 3.44. The summed E-state index contributed by atoms with van der Waals surface area (Å²) in [6, 6.07) is 10.7. The average Bonchev–Trinajstić information content (AvgIpc) is 3.16. The number of aromatic nitrogens is 2. The number of hydrogen-bond acceptors (Lipinski definition) is 6. The minimum absolute atomic E-state index is 0.218. The van der Waals surface area contributed by atoms with Crippen LogP contribution in [0.2, 0.25) is 0 Å². The minimum Gasteiger partial charge on any atom is -0.485 e. The highest BCUT2D eigenvalue weighted by atomic mass is 32.1. The standard InChI is InChI=1S/C14H10N2O3S/c17-8-10-3-5-11(6-4-10)18-9-13-15-14(19-16-13)12-2-1-7-20-12/h1-8H,9H2. The summed E-state index contributed by atoms with van der Waals surface area (Å²) in [6.45, 7) is 0.218. The summed E-state index contributed by atoms with van der Waals surface area (Å²) in [5.41, 5.74) is 0.608. The molecule has 5 nitrogen and oxygen atoms in total. The van der Waals surface area contributed by atoms with Crippen molar-refractivity contribution in [1.82, 2.24) is 10.1 Å². The van der Waals surface area contributed by atoms with Gasteiger partial charge in [0.15, 0.2) is 6.61 Å². The monoisotopic (exact) mass is 286 g/mol. The molecule has 1 aromatic carbocycles. The molecule has 0 aliphatic carbocycles. The van der Waals surface area contributed by atoms with Crippen molar-refractivity contribution in [1.29, 1.82) is 0 Å². The summed E-state index contributed by atoms with van der Waals surface area (Å²) in [5.74, 6) is 1.63. The Morgan fingerprint density at radius 3 is 2.80 bits per heavy atom. The van der Waals surface area contributed by atoms with Crippen LogP contribution >= 0.6 is 11.3 Å². The van der Waals surface area contributed by atoms with E-state index in [1.165, 1.54) is 11.3 Å². The second-order valence-corrected chi connectivity index (χ2v) is 4.92. The van der Waals surface area contributed by atoms with Gasteiger partial charge in [0.1, 0.15) is 12.0 Å². The summed E-state index contributed by atoms with van der Waals surface area (Å²) in [6.07, 6.45) is 0.788. The number of carbonyl (C=O) groups is 1. The molecule has 3 rings (SSSR count). The van der Waals surface area contributed by atoms with Crippen molar-refractivity contribution < 1.29 is 14.1 Å². The number of hydrogen-bond donors (Lipinski definition) is 0. The van der Waals surface area contributed by atoms with Crippen molar-refractivity contribution in [3.05, 3.63) is 53.2 Å². The van der Waals surface area contributed by atoms with Gasteiger partial charge in [-0.05, 0) is 35.7 Å². The normalized spacial score (nSPS) is 10.4. The zero-order chi connectivity index (χ0) is 13.8. The molecule has 0 amide bonds. The van der Waals surface area contributed by atoms with Crippen LogP contribution in [0.3, 0.4) is 0 Å². The van der Waals surface area contributed by atoms with E-state index in [1.54, 1.807) is 24.3 Å². The first-order chi connectivity index (χ1) is 9.85. The highest BCUT2D eigenvalue weighted by molar-refractivity contribution is 7.13. The average molecular weight is 286 g/mol. The van der Waals surface area contributed by atoms with Crippen LogP contribution in [-0.4, -0.2) is 16.4 Å². The molecule has 2 heterocycles. The lowest BCUT2D eigenvalue weighted by Crippen LogP contribution is -1.97. The molecule has 20 heavy (non-hydrogen) atoms. The Morgan fingerprint density at radius 1 is 1.25 bits per heavy atom. The SMILES string of the molecule is O=Cc1ccc(OCc2noc(-c3cccs3)n2)cc1. The van der Waals surface area contributed by atoms with Gasteiger partial charge in [-0.1, -0.05) is 11.2 Å². The number of benzene rings is 1. The van der Waals surface area contributed by atoms with Gasteiger partial charge in [-0.15, -0.1) is 11.3 Å². The van der Waals surface area contributed by atoms with Gasteiger partial charge in [-0.25, -0.2) is 0 Å². The third kappa shape index (κ3) is 2.75. The number of aldehydes is 1. The zero-order valence-corrected chi connectivity index (χ0v) is 11.2. The Kier molecular flexibility index (Phi) is 3.56. The van der Waals surface area contributed by atoms with E-state index < -0.39 is 0 Å². The van der Waals surface area contributed by atoms with E-state index in [1.807, 2.05) is 17.5 Å². The maximum Gasteiger partial charge on any atom is 0.268 e. The predicted octanol–water partition coefficient (Wildman–Crippen LogP) is 3.19. The van der Waals surface area contributed by atoms with Crippen LogP contribution in [0.25, 0.3) is 10.8 Å². The first-order valence-electron chi connectivity index (χ1n) is 5.89. The highest BCUT2D eigenvalue weighted by Crippen LogP contribution is 2.22. The van der Waals surface area contributed by atoms with Gasteiger partial charge >= 0.3 is 0 Å². The van der Waals surface area contributed by atoms with E-state index in [9.17, 15) is 4.79 Å². The smallest absolute Gasteiger partial charge is 0.268 e. The summed E-state index contributed by atoms with van der Waals surface area (Å²) in [7, 11) is 0. The molecule has 0 spiro atoms. The lowest BCUT2D eigenvalue weighted by Gasteiger charge is -2.02. The second-order valence-electron chi connectivity index (χ2n) is 3.97. The summed E-state index contributed by atoms with van der Waals surface area (Å²) in [4.78, 5) is 15.7. The predicted molar refractivity (Wildman–Crippen MR) is 73.8 cm³/mol. The molecule has 0 N–H and O–H groups in total. The molecule has 0 saturated carbocycles. The first-order valence-corrected chi connectivity index (χ1v) is 6.77. The minimum atomic E-state index is 0.218. The van der Waals surface area contributed by atoms with Gasteiger partial charge in [0.05, 0.1) is 4.88 Å². The van der Waals surface area contributed by atoms with Crippen LogP contribution in [0.5, 0.6) is 5.75 Å². The summed E-state index contributed by atoms with van der Waals surface area (Å²) in [5, 5.41) is 5.81. The van der Waals surface area contributed by atoms with Crippen LogP contribution < -0.4 is 4.74 Å². The topological polar surface area (TPSA) is 65.2 Å². The quantitative estimate of drug-likeness (QED) is 0.674. The van der Waals surface area contributed by atoms with E-state index in [0.717, 1.165) is 11.2 Å². The van der Waals surface area contributed by atoms with E-state index in [0.29, 0.717) is 23.0 Å². The number of rotatable bonds is 5. The maximum absolute atomic E-state index is 10.5. The number of thiophene rings is 1. The molecule has 0 atom stereocenters. The maximum atomic E-state index is 10.5. The van der Waals surface area contributed by atoms with E-state index >= 15 is 0 Å². The van der Waals surface area contributed by atoms with Gasteiger partial charge in [0, 0.05) is 5.56 Å². The van der Waals surface area contributed by atoms with Crippen molar-refractivity contribution in [3.63, 3.8) is 0 Å². The molecule has 100 valence electrons. The Morgan fingerprint density at radius 2 is 2.10 bits per heavy atom. The molecule has 0 unspecified atom stereocenters. The number of nitrogens with zero attached hydrogens (tertiary/aromatic N) is 2. The molecule has 3 aromatic rings. The lowest BCUT2D eigenvalue weighted by molar-refractivity contribution is 0.112. The first kappa shape index (κ1) is 12.6. The number of ether oxygens (including phenoxy) is 1. The molecule has 0 saturated heterocycles. The molecule has 0 bridgehead atoms. The molecule has 0 radical (unpaired) electrons. The molecule has 0 aliphatic rings. The van der Waals surface area contributed by atoms with Crippen LogP contribution in [-0.2, 0) is 6.61 Å². The highest BCUT2D eigenvalue weighted by Gasteiger charge is 2.09. The fourth-order valence-corrected chi connectivity index (χ4v) is 2.25. The van der Waals surface area contributed by atoms with Crippen LogP contribution in [0.4, 0.5) is 0 Å². The number of carbonyl (C=O) groups excluding carboxylic acids is 1. The molecule has 0 fully saturated rings. The van der Waals surface area contributed by atoms with E-state index in [2.05, 4.69) is 10.1 Å². The molecule has 6 heteroatoms. The van der Waals surface area contributed by atoms with Gasteiger partial charge in [-0.2, -0.15) is 4.98 Å². The lowest BCUT2D eigenvalue weighted by atomic mass is 10.2. The van der Waals surface area contributed by atoms with Gasteiger partial charge < -0.3 is 9.26 Å². The van der Waals surface area contributed by atoms with Crippen molar-refractivity contribution >= 4 is 17.6 Å². The van der Waals surface area contributed by atoms with Crippen molar-refractivity contribution in [2.45, 2.75) is 6.61 Å². The zero-order valence-electron chi connectivity index (χ0n) is 10.4. The second kappa shape index (κ2) is 5.66. The van der Waals surface area contributed by atoms with E-state index in [4.69, 9.17) is 9.26 Å². The van der Waals surface area contributed by atoms with Crippen LogP contribution in [0, 0.1) is 0 Å².